The summed E-state index contributed by atoms with van der Waals surface area (Å²) in [5, 5.41) is 8.39. The van der Waals surface area contributed by atoms with E-state index in [9.17, 15) is 13.6 Å². The minimum absolute atomic E-state index is 0.315. The Balaban J connectivity index is 3.26. The van der Waals surface area contributed by atoms with Crippen molar-refractivity contribution in [3.8, 4) is 17.9 Å². The molecule has 0 atom stereocenters. The van der Waals surface area contributed by atoms with Gasteiger partial charge >= 0.3 is 0 Å². The molecule has 0 heterocycles. The molecule has 0 bridgehead atoms. The van der Waals surface area contributed by atoms with Gasteiger partial charge in [0.05, 0.1) is 11.1 Å². The number of carbonyl (C=O) groups is 1. The molecule has 0 saturated carbocycles. The molecular weight excluding hydrogens is 202 g/mol. The first-order valence-electron chi connectivity index (χ1n) is 3.75. The van der Waals surface area contributed by atoms with E-state index in [4.69, 9.17) is 11.0 Å². The lowest BCUT2D eigenvalue weighted by molar-refractivity contribution is -0.112. The molecular formula is C10H4F2N2O. The molecule has 0 aliphatic carbocycles. The van der Waals surface area contributed by atoms with Crippen LogP contribution in [-0.2, 0) is 4.79 Å². The Hall–Kier alpha value is -2.40. The van der Waals surface area contributed by atoms with Crippen molar-refractivity contribution in [3.05, 3.63) is 34.9 Å². The van der Waals surface area contributed by atoms with Crippen LogP contribution in [0.1, 0.15) is 11.1 Å². The van der Waals surface area contributed by atoms with E-state index in [0.29, 0.717) is 6.07 Å². The van der Waals surface area contributed by atoms with Crippen LogP contribution in [-0.4, -0.2) is 5.91 Å². The number of hydrogen-bond donors (Lipinski definition) is 1. The molecule has 0 spiro atoms. The third kappa shape index (κ3) is 2.52. The molecule has 0 fully saturated rings. The molecule has 0 radical (unpaired) electrons. The maximum Gasteiger partial charge on any atom is 0.293 e. The first-order chi connectivity index (χ1) is 7.04. The number of benzene rings is 1. The number of carbonyl (C=O) groups excluding carboxylic acids is 1. The summed E-state index contributed by atoms with van der Waals surface area (Å²) in [5.41, 5.74) is 3.97. The van der Waals surface area contributed by atoms with Crippen molar-refractivity contribution >= 4 is 5.91 Å². The molecule has 3 nitrogen and oxygen atoms in total. The molecule has 1 rings (SSSR count). The van der Waals surface area contributed by atoms with Gasteiger partial charge in [-0.15, -0.1) is 0 Å². The van der Waals surface area contributed by atoms with E-state index in [1.54, 1.807) is 0 Å². The van der Waals surface area contributed by atoms with E-state index >= 15 is 0 Å². The number of halogens is 2. The van der Waals surface area contributed by atoms with Crippen molar-refractivity contribution in [1.29, 1.82) is 5.26 Å². The Bertz CT molecular complexity index is 521. The lowest BCUT2D eigenvalue weighted by Crippen LogP contribution is -2.06. The van der Waals surface area contributed by atoms with Gasteiger partial charge in [0.25, 0.3) is 5.91 Å². The topological polar surface area (TPSA) is 66.9 Å². The van der Waals surface area contributed by atoms with Crippen LogP contribution in [0.3, 0.4) is 0 Å². The van der Waals surface area contributed by atoms with Gasteiger partial charge in [0.15, 0.2) is 0 Å². The fourth-order valence-corrected chi connectivity index (χ4v) is 0.857. The molecule has 2 N–H and O–H groups in total. The molecule has 1 amide bonds. The van der Waals surface area contributed by atoms with Crippen molar-refractivity contribution in [2.24, 2.45) is 5.73 Å². The predicted molar refractivity (Wildman–Crippen MR) is 47.1 cm³/mol. The number of amides is 1. The highest BCUT2D eigenvalue weighted by Crippen LogP contribution is 2.13. The average Bonchev–Trinajstić information content (AvgIpc) is 2.18. The zero-order valence-electron chi connectivity index (χ0n) is 7.34. The lowest BCUT2D eigenvalue weighted by atomic mass is 10.1. The summed E-state index contributed by atoms with van der Waals surface area (Å²) in [6.07, 6.45) is 0. The smallest absolute Gasteiger partial charge is 0.293 e. The molecule has 0 aliphatic heterocycles. The quantitative estimate of drug-likeness (QED) is 0.634. The first-order valence-corrected chi connectivity index (χ1v) is 3.75. The van der Waals surface area contributed by atoms with Crippen molar-refractivity contribution in [2.75, 3.05) is 0 Å². The summed E-state index contributed by atoms with van der Waals surface area (Å²) < 4.78 is 26.1. The molecule has 74 valence electrons. The third-order valence-corrected chi connectivity index (χ3v) is 1.50. The van der Waals surface area contributed by atoms with Gasteiger partial charge in [0.1, 0.15) is 17.7 Å². The minimum Gasteiger partial charge on any atom is -0.359 e. The molecule has 0 aromatic heterocycles. The molecule has 5 heteroatoms. The van der Waals surface area contributed by atoms with Gasteiger partial charge in [0, 0.05) is 5.92 Å². The van der Waals surface area contributed by atoms with Gasteiger partial charge in [0.2, 0.25) is 0 Å². The van der Waals surface area contributed by atoms with E-state index in [1.165, 1.54) is 6.07 Å². The van der Waals surface area contributed by atoms with Crippen LogP contribution in [0.15, 0.2) is 12.1 Å². The summed E-state index contributed by atoms with van der Waals surface area (Å²) in [7, 11) is 0. The Labute approximate surface area is 84.1 Å². The summed E-state index contributed by atoms with van der Waals surface area (Å²) in [5.74, 6) is 1.21. The Morgan fingerprint density at radius 3 is 2.33 bits per heavy atom. The monoisotopic (exact) mass is 206 g/mol. The number of nitrogens with two attached hydrogens (primary N) is 1. The Morgan fingerprint density at radius 1 is 1.27 bits per heavy atom. The maximum atomic E-state index is 13.1. The second-order valence-corrected chi connectivity index (χ2v) is 2.54. The molecule has 1 aromatic rings. The van der Waals surface area contributed by atoms with Crippen LogP contribution in [0.2, 0.25) is 0 Å². The highest BCUT2D eigenvalue weighted by molar-refractivity contribution is 5.92. The van der Waals surface area contributed by atoms with Crippen LogP contribution in [0, 0.1) is 34.8 Å². The Morgan fingerprint density at radius 2 is 1.80 bits per heavy atom. The number of nitrogens with zero attached hydrogens (tertiary/aromatic N) is 1. The van der Waals surface area contributed by atoms with Crippen molar-refractivity contribution in [3.63, 3.8) is 0 Å². The van der Waals surface area contributed by atoms with Crippen LogP contribution in [0.4, 0.5) is 8.78 Å². The van der Waals surface area contributed by atoms with Crippen LogP contribution < -0.4 is 5.73 Å². The largest absolute Gasteiger partial charge is 0.359 e. The summed E-state index contributed by atoms with van der Waals surface area (Å²) in [4.78, 5) is 10.3. The second-order valence-electron chi connectivity index (χ2n) is 2.54. The van der Waals surface area contributed by atoms with Gasteiger partial charge in [-0.1, -0.05) is 5.92 Å². The second kappa shape index (κ2) is 4.21. The standard InChI is InChI=1S/C10H4F2N2O/c11-8-4-7(5-13)9(12)3-6(8)1-2-10(14)15/h3-4H,(H2,14,15). The van der Waals surface area contributed by atoms with Gasteiger partial charge in [-0.3, -0.25) is 4.79 Å². The van der Waals surface area contributed by atoms with Gasteiger partial charge < -0.3 is 5.73 Å². The molecule has 0 aliphatic rings. The Kier molecular flexibility index (Phi) is 3.00. The predicted octanol–water partition coefficient (Wildman–Crippen LogP) is 0.673. The SMILES string of the molecule is N#Cc1cc(F)c(C#CC(N)=O)cc1F. The fraction of sp³-hybridized carbons (Fsp3) is 0. The zero-order chi connectivity index (χ0) is 11.4. The minimum atomic E-state index is -0.945. The van der Waals surface area contributed by atoms with Crippen molar-refractivity contribution in [2.45, 2.75) is 0 Å². The first kappa shape index (κ1) is 10.7. The molecule has 1 aromatic carbocycles. The van der Waals surface area contributed by atoms with Crippen molar-refractivity contribution in [1.82, 2.24) is 0 Å². The molecule has 0 saturated heterocycles. The zero-order valence-corrected chi connectivity index (χ0v) is 7.34. The lowest BCUT2D eigenvalue weighted by Gasteiger charge is -1.96. The van der Waals surface area contributed by atoms with Crippen molar-refractivity contribution < 1.29 is 13.6 Å². The average molecular weight is 206 g/mol. The van der Waals surface area contributed by atoms with E-state index in [2.05, 4.69) is 5.92 Å². The van der Waals surface area contributed by atoms with E-state index < -0.39 is 23.1 Å². The van der Waals surface area contributed by atoms with E-state index in [-0.39, 0.29) is 5.56 Å². The summed E-state index contributed by atoms with van der Waals surface area (Å²) >= 11 is 0. The number of rotatable bonds is 0. The van der Waals surface area contributed by atoms with Crippen LogP contribution in [0.25, 0.3) is 0 Å². The van der Waals surface area contributed by atoms with E-state index in [1.807, 2.05) is 5.92 Å². The van der Waals surface area contributed by atoms with E-state index in [0.717, 1.165) is 6.07 Å². The highest BCUT2D eigenvalue weighted by Gasteiger charge is 2.07. The van der Waals surface area contributed by atoms with Crippen LogP contribution in [0.5, 0.6) is 0 Å². The van der Waals surface area contributed by atoms with Gasteiger partial charge in [-0.25, -0.2) is 8.78 Å². The number of primary amides is 1. The van der Waals surface area contributed by atoms with Gasteiger partial charge in [-0.05, 0) is 12.1 Å². The molecule has 15 heavy (non-hydrogen) atoms. The molecule has 0 unspecified atom stereocenters. The van der Waals surface area contributed by atoms with Gasteiger partial charge in [-0.2, -0.15) is 5.26 Å². The fourth-order valence-electron chi connectivity index (χ4n) is 0.857. The summed E-state index contributed by atoms with van der Waals surface area (Å²) in [6.45, 7) is 0. The third-order valence-electron chi connectivity index (χ3n) is 1.50. The normalized spacial score (nSPS) is 8.60. The maximum absolute atomic E-state index is 13.1. The number of hydrogen-bond acceptors (Lipinski definition) is 2. The van der Waals surface area contributed by atoms with Crippen LogP contribution >= 0.6 is 0 Å². The highest BCUT2D eigenvalue weighted by atomic mass is 19.1. The summed E-state index contributed by atoms with van der Waals surface area (Å²) in [6, 6.07) is 2.92. The number of nitriles is 1.